The molecule has 7 nitrogen and oxygen atoms in total. The summed E-state index contributed by atoms with van der Waals surface area (Å²) in [5.74, 6) is 1.66. The minimum atomic E-state index is -0.238. The molecular weight excluding hydrogens is 512 g/mol. The van der Waals surface area contributed by atoms with Gasteiger partial charge >= 0.3 is 0 Å². The number of allylic oxidation sites excluding steroid dienone is 4. The lowest BCUT2D eigenvalue weighted by atomic mass is 9.86. The monoisotopic (exact) mass is 544 g/mol. The first-order chi connectivity index (χ1) is 20.0. The largest absolute Gasteiger partial charge is 0.490 e. The predicted octanol–water partition coefficient (Wildman–Crippen LogP) is 5.46. The third kappa shape index (κ3) is 5.75. The van der Waals surface area contributed by atoms with Crippen molar-refractivity contribution in [1.29, 1.82) is 5.26 Å². The van der Waals surface area contributed by atoms with Gasteiger partial charge in [0.1, 0.15) is 0 Å². The highest BCUT2D eigenvalue weighted by Crippen LogP contribution is 2.39. The lowest BCUT2D eigenvalue weighted by Crippen LogP contribution is -2.32. The summed E-state index contributed by atoms with van der Waals surface area (Å²) in [7, 11) is 2.16. The standard InChI is InChI=1S/C34H32N4O3/c1-38-13-11-22(12-14-38)21-41-27-19-36-34(37-20-27)26-4-2-3-23(16-26)15-25-6-8-29-28(9-10-32(25)39)31-17-24(18-35)5-7-30(31)33(29)40/h2-5,7,9-10,16-17,19-20,22,25H,6,8,11-15,21H2,1H3/b10-9-. The molecule has 1 unspecified atom stereocenters. The van der Waals surface area contributed by atoms with Gasteiger partial charge in [0.15, 0.2) is 23.1 Å². The highest BCUT2D eigenvalue weighted by molar-refractivity contribution is 6.22. The molecule has 0 saturated carbocycles. The molecule has 0 spiro atoms. The first-order valence-electron chi connectivity index (χ1n) is 14.3. The van der Waals surface area contributed by atoms with E-state index in [1.807, 2.05) is 24.3 Å². The number of ether oxygens (including phenoxy) is 1. The number of aromatic nitrogens is 2. The zero-order valence-electron chi connectivity index (χ0n) is 23.2. The Bertz CT molecular complexity index is 1590. The van der Waals surface area contributed by atoms with Gasteiger partial charge in [0, 0.05) is 22.6 Å². The van der Waals surface area contributed by atoms with E-state index in [4.69, 9.17) is 4.74 Å². The van der Waals surface area contributed by atoms with Crippen molar-refractivity contribution in [3.8, 4) is 23.2 Å². The van der Waals surface area contributed by atoms with Gasteiger partial charge in [-0.05, 0) is 105 Å². The highest BCUT2D eigenvalue weighted by atomic mass is 16.5. The Balaban J connectivity index is 1.11. The number of nitrogens with zero attached hydrogens (tertiary/aromatic N) is 4. The van der Waals surface area contributed by atoms with Crippen LogP contribution >= 0.6 is 0 Å². The van der Waals surface area contributed by atoms with Crippen molar-refractivity contribution < 1.29 is 14.3 Å². The molecule has 0 N–H and O–H groups in total. The van der Waals surface area contributed by atoms with Crippen LogP contribution in [0.5, 0.6) is 5.75 Å². The second kappa shape index (κ2) is 11.6. The van der Waals surface area contributed by atoms with Crippen LogP contribution in [0.4, 0.5) is 0 Å². The van der Waals surface area contributed by atoms with Gasteiger partial charge in [0.2, 0.25) is 0 Å². The number of hydrogen-bond acceptors (Lipinski definition) is 7. The summed E-state index contributed by atoms with van der Waals surface area (Å²) < 4.78 is 5.97. The molecule has 2 aliphatic carbocycles. The van der Waals surface area contributed by atoms with E-state index in [2.05, 4.69) is 28.0 Å². The molecule has 1 aliphatic heterocycles. The van der Waals surface area contributed by atoms with Crippen LogP contribution in [0.15, 0.2) is 72.6 Å². The molecule has 3 aliphatic rings. The molecule has 41 heavy (non-hydrogen) atoms. The average molecular weight is 545 g/mol. The Kier molecular flexibility index (Phi) is 7.58. The number of benzene rings is 2. The van der Waals surface area contributed by atoms with Crippen molar-refractivity contribution in [2.75, 3.05) is 26.7 Å². The molecule has 1 fully saturated rings. The third-order valence-electron chi connectivity index (χ3n) is 8.46. The highest BCUT2D eigenvalue weighted by Gasteiger charge is 2.31. The molecule has 1 saturated heterocycles. The topological polar surface area (TPSA) is 96.2 Å². The van der Waals surface area contributed by atoms with Crippen molar-refractivity contribution in [3.05, 3.63) is 94.8 Å². The van der Waals surface area contributed by atoms with Gasteiger partial charge in [-0.2, -0.15) is 5.26 Å². The second-order valence-electron chi connectivity index (χ2n) is 11.3. The molecule has 0 bridgehead atoms. The maximum Gasteiger partial charge on any atom is 0.190 e. The number of Topliss-reactive ketones (excluding diaryl/α,β-unsaturated/α-hetero) is 1. The van der Waals surface area contributed by atoms with E-state index in [0.717, 1.165) is 53.8 Å². The Labute approximate surface area is 240 Å². The van der Waals surface area contributed by atoms with Crippen molar-refractivity contribution >= 4 is 17.1 Å². The summed E-state index contributed by atoms with van der Waals surface area (Å²) in [5.41, 5.74) is 5.26. The van der Waals surface area contributed by atoms with E-state index < -0.39 is 0 Å². The summed E-state index contributed by atoms with van der Waals surface area (Å²) in [6, 6.07) is 15.3. The van der Waals surface area contributed by atoms with E-state index in [-0.39, 0.29) is 17.5 Å². The van der Waals surface area contributed by atoms with E-state index in [0.29, 0.717) is 54.5 Å². The average Bonchev–Trinajstić information content (AvgIpc) is 3.26. The number of hydrogen-bond donors (Lipinski definition) is 0. The van der Waals surface area contributed by atoms with Crippen LogP contribution < -0.4 is 4.74 Å². The van der Waals surface area contributed by atoms with Gasteiger partial charge in [-0.25, -0.2) is 9.97 Å². The Morgan fingerprint density at radius 2 is 1.80 bits per heavy atom. The number of likely N-dealkylation sites (tertiary alicyclic amines) is 1. The van der Waals surface area contributed by atoms with Gasteiger partial charge < -0.3 is 9.64 Å². The van der Waals surface area contributed by atoms with E-state index >= 15 is 0 Å². The summed E-state index contributed by atoms with van der Waals surface area (Å²) in [5, 5.41) is 9.29. The lowest BCUT2D eigenvalue weighted by Gasteiger charge is -2.28. The molecule has 0 radical (unpaired) electrons. The van der Waals surface area contributed by atoms with Crippen LogP contribution in [-0.4, -0.2) is 53.2 Å². The van der Waals surface area contributed by atoms with Gasteiger partial charge in [-0.1, -0.05) is 24.3 Å². The smallest absolute Gasteiger partial charge is 0.190 e. The molecule has 1 aromatic heterocycles. The maximum absolute atomic E-state index is 13.2. The number of carbonyl (C=O) groups is 2. The van der Waals surface area contributed by atoms with Crippen LogP contribution in [0.2, 0.25) is 0 Å². The number of fused-ring (bicyclic) bond motifs is 2. The Morgan fingerprint density at radius 3 is 2.59 bits per heavy atom. The number of rotatable bonds is 6. The summed E-state index contributed by atoms with van der Waals surface area (Å²) in [6.07, 6.45) is 10.8. The zero-order valence-corrected chi connectivity index (χ0v) is 23.2. The first-order valence-corrected chi connectivity index (χ1v) is 14.3. The molecular formula is C34H32N4O3. The third-order valence-corrected chi connectivity index (χ3v) is 8.46. The van der Waals surface area contributed by atoms with Crippen molar-refractivity contribution in [2.24, 2.45) is 11.8 Å². The van der Waals surface area contributed by atoms with Crippen molar-refractivity contribution in [2.45, 2.75) is 32.1 Å². The molecule has 0 amide bonds. The van der Waals surface area contributed by atoms with Gasteiger partial charge in [-0.3, -0.25) is 9.59 Å². The lowest BCUT2D eigenvalue weighted by molar-refractivity contribution is -0.118. The van der Waals surface area contributed by atoms with Crippen LogP contribution in [0.3, 0.4) is 0 Å². The molecule has 2 aromatic carbocycles. The molecule has 2 heterocycles. The van der Waals surface area contributed by atoms with Gasteiger partial charge in [-0.15, -0.1) is 0 Å². The number of nitriles is 1. The second-order valence-corrected chi connectivity index (χ2v) is 11.3. The summed E-state index contributed by atoms with van der Waals surface area (Å²) in [4.78, 5) is 37.7. The van der Waals surface area contributed by atoms with E-state index in [9.17, 15) is 14.9 Å². The van der Waals surface area contributed by atoms with Crippen LogP contribution in [0.25, 0.3) is 17.0 Å². The van der Waals surface area contributed by atoms with Crippen LogP contribution in [0, 0.1) is 23.2 Å². The SMILES string of the molecule is CN1CCC(COc2cnc(-c3cccc(CC4CCC5=C(/C=C\C4=O)c4cc(C#N)ccc4C5=O)c3)nc2)CC1. The number of piperidine rings is 1. The Hall–Kier alpha value is -4.41. The van der Waals surface area contributed by atoms with E-state index in [1.165, 1.54) is 0 Å². The molecule has 206 valence electrons. The van der Waals surface area contributed by atoms with Gasteiger partial charge in [0.25, 0.3) is 0 Å². The minimum absolute atomic E-state index is 0.00448. The van der Waals surface area contributed by atoms with Gasteiger partial charge in [0.05, 0.1) is 30.6 Å². The quantitative estimate of drug-likeness (QED) is 0.406. The normalized spacial score (nSPS) is 20.1. The zero-order chi connectivity index (χ0) is 28.3. The maximum atomic E-state index is 13.2. The fourth-order valence-electron chi connectivity index (χ4n) is 5.99. The van der Waals surface area contributed by atoms with Crippen molar-refractivity contribution in [1.82, 2.24) is 14.9 Å². The number of ketones is 2. The summed E-state index contributed by atoms with van der Waals surface area (Å²) >= 11 is 0. The van der Waals surface area contributed by atoms with Crippen LogP contribution in [0.1, 0.15) is 52.7 Å². The van der Waals surface area contributed by atoms with Crippen LogP contribution in [-0.2, 0) is 11.2 Å². The van der Waals surface area contributed by atoms with Crippen molar-refractivity contribution in [3.63, 3.8) is 0 Å². The molecule has 1 atom stereocenters. The van der Waals surface area contributed by atoms with E-state index in [1.54, 1.807) is 42.7 Å². The fourth-order valence-corrected chi connectivity index (χ4v) is 5.99. The molecule has 3 aromatic rings. The fraction of sp³-hybridized carbons (Fsp3) is 0.324. The predicted molar refractivity (Wildman–Crippen MR) is 156 cm³/mol. The number of carbonyl (C=O) groups excluding carboxylic acids is 2. The summed E-state index contributed by atoms with van der Waals surface area (Å²) in [6.45, 7) is 2.91. The molecule has 6 rings (SSSR count). The minimum Gasteiger partial charge on any atom is -0.490 e. The first kappa shape index (κ1) is 26.8. The Morgan fingerprint density at radius 1 is 1.00 bits per heavy atom. The molecule has 7 heteroatoms.